The van der Waals surface area contributed by atoms with Crippen molar-refractivity contribution in [2.45, 2.75) is 19.3 Å². The number of aromatic nitrogens is 4. The molecule has 12 heteroatoms. The van der Waals surface area contributed by atoms with Crippen LogP contribution < -0.4 is 15.1 Å². The molecule has 2 aromatic heterocycles. The number of anilines is 2. The second kappa shape index (κ2) is 10.8. The van der Waals surface area contributed by atoms with Gasteiger partial charge in [0.25, 0.3) is 6.43 Å². The third-order valence-electron chi connectivity index (χ3n) is 7.61. The molecule has 202 valence electrons. The molecule has 1 aromatic carbocycles. The number of piperidine rings is 1. The van der Waals surface area contributed by atoms with E-state index in [0.29, 0.717) is 75.2 Å². The predicted molar refractivity (Wildman–Crippen MR) is 139 cm³/mol. The average Bonchev–Trinajstić information content (AvgIpc) is 3.38. The van der Waals surface area contributed by atoms with Crippen LogP contribution in [0.3, 0.4) is 0 Å². The first-order chi connectivity index (χ1) is 18.6. The Morgan fingerprint density at radius 1 is 0.921 bits per heavy atom. The van der Waals surface area contributed by atoms with E-state index in [0.717, 1.165) is 25.9 Å². The summed E-state index contributed by atoms with van der Waals surface area (Å²) in [6.45, 7) is 6.65. The van der Waals surface area contributed by atoms with Crippen LogP contribution in [0.15, 0.2) is 30.3 Å². The fourth-order valence-corrected chi connectivity index (χ4v) is 5.51. The van der Waals surface area contributed by atoms with Gasteiger partial charge in [-0.3, -0.25) is 9.36 Å². The lowest BCUT2D eigenvalue weighted by Gasteiger charge is -2.38. The Bertz CT molecular complexity index is 1280. The van der Waals surface area contributed by atoms with Gasteiger partial charge in [0.15, 0.2) is 5.82 Å². The molecule has 5 heterocycles. The van der Waals surface area contributed by atoms with Crippen LogP contribution in [0.1, 0.15) is 25.1 Å². The standard InChI is InChI=1S/C26H32F2N8O2/c27-23(28)24-30-19-3-1-2-4-20(19)36(24)26-31-21(17-22(32-26)34-13-15-38-16-14-34)33-9-11-35(12-10-33)25(37)18-5-7-29-8-6-18/h1-4,17-18,23,29H,5-16H2. The van der Waals surface area contributed by atoms with Gasteiger partial charge in [-0.25, -0.2) is 13.8 Å². The number of nitrogens with zero attached hydrogens (tertiary/aromatic N) is 7. The third-order valence-corrected chi connectivity index (χ3v) is 7.61. The summed E-state index contributed by atoms with van der Waals surface area (Å²) in [5.41, 5.74) is 1.00. The fourth-order valence-electron chi connectivity index (χ4n) is 5.51. The SMILES string of the molecule is O=C(C1CCNCC1)N1CCN(c2cc(N3CCOCC3)nc(-n3c(C(F)F)nc4ccccc43)n2)CC1. The molecule has 0 bridgehead atoms. The highest BCUT2D eigenvalue weighted by Gasteiger charge is 2.30. The fraction of sp³-hybridized carbons (Fsp3) is 0.538. The number of para-hydroxylation sites is 2. The Labute approximate surface area is 219 Å². The number of imidazole rings is 1. The number of ether oxygens (including phenoxy) is 1. The lowest BCUT2D eigenvalue weighted by atomic mass is 9.96. The summed E-state index contributed by atoms with van der Waals surface area (Å²) in [6.07, 6.45) is -1.03. The molecule has 0 spiro atoms. The van der Waals surface area contributed by atoms with Crippen LogP contribution in [0.25, 0.3) is 17.0 Å². The summed E-state index contributed by atoms with van der Waals surface area (Å²) in [5.74, 6) is 1.43. The maximum Gasteiger partial charge on any atom is 0.296 e. The molecule has 0 radical (unpaired) electrons. The Hall–Kier alpha value is -3.38. The van der Waals surface area contributed by atoms with Gasteiger partial charge in [0.05, 0.1) is 24.2 Å². The van der Waals surface area contributed by atoms with Crippen LogP contribution >= 0.6 is 0 Å². The van der Waals surface area contributed by atoms with Crippen molar-refractivity contribution in [3.63, 3.8) is 0 Å². The molecule has 0 unspecified atom stereocenters. The van der Waals surface area contributed by atoms with E-state index in [-0.39, 0.29) is 23.6 Å². The molecule has 0 saturated carbocycles. The van der Waals surface area contributed by atoms with E-state index in [9.17, 15) is 13.6 Å². The van der Waals surface area contributed by atoms with Gasteiger partial charge in [0, 0.05) is 51.3 Å². The normalized spacial score (nSPS) is 19.5. The minimum absolute atomic E-state index is 0.0867. The van der Waals surface area contributed by atoms with Crippen molar-refractivity contribution >= 4 is 28.6 Å². The van der Waals surface area contributed by atoms with Gasteiger partial charge in [-0.15, -0.1) is 0 Å². The number of benzene rings is 1. The molecular formula is C26H32F2N8O2. The number of rotatable bonds is 5. The number of fused-ring (bicyclic) bond motifs is 1. The number of morpholine rings is 1. The molecule has 0 atom stereocenters. The zero-order chi connectivity index (χ0) is 26.1. The van der Waals surface area contributed by atoms with E-state index in [1.54, 1.807) is 24.3 Å². The number of nitrogens with one attached hydrogen (secondary N) is 1. The second-order valence-electron chi connectivity index (χ2n) is 9.92. The quantitative estimate of drug-likeness (QED) is 0.542. The Morgan fingerprint density at radius 2 is 1.58 bits per heavy atom. The smallest absolute Gasteiger partial charge is 0.296 e. The van der Waals surface area contributed by atoms with Crippen molar-refractivity contribution in [3.05, 3.63) is 36.2 Å². The Balaban J connectivity index is 1.32. The summed E-state index contributed by atoms with van der Waals surface area (Å²) in [6, 6.07) is 8.95. The molecule has 3 aliphatic rings. The lowest BCUT2D eigenvalue weighted by Crippen LogP contribution is -2.51. The first-order valence-electron chi connectivity index (χ1n) is 13.3. The monoisotopic (exact) mass is 526 g/mol. The van der Waals surface area contributed by atoms with Crippen molar-refractivity contribution in [1.29, 1.82) is 0 Å². The number of piperazine rings is 1. The van der Waals surface area contributed by atoms with Gasteiger partial charge in [-0.05, 0) is 38.1 Å². The predicted octanol–water partition coefficient (Wildman–Crippen LogP) is 2.24. The minimum Gasteiger partial charge on any atom is -0.378 e. The van der Waals surface area contributed by atoms with Gasteiger partial charge >= 0.3 is 0 Å². The van der Waals surface area contributed by atoms with Crippen molar-refractivity contribution in [2.24, 2.45) is 5.92 Å². The summed E-state index contributed by atoms with van der Waals surface area (Å²) in [5, 5.41) is 3.31. The van der Waals surface area contributed by atoms with E-state index in [1.807, 2.05) is 11.0 Å². The van der Waals surface area contributed by atoms with E-state index >= 15 is 0 Å². The Morgan fingerprint density at radius 3 is 2.26 bits per heavy atom. The number of hydrogen-bond acceptors (Lipinski definition) is 8. The van der Waals surface area contributed by atoms with Gasteiger partial charge in [-0.1, -0.05) is 12.1 Å². The third kappa shape index (κ3) is 4.90. The number of hydrogen-bond donors (Lipinski definition) is 1. The molecule has 3 fully saturated rings. The molecule has 1 amide bonds. The molecule has 0 aliphatic carbocycles. The Kier molecular flexibility index (Phi) is 7.07. The number of halogens is 2. The number of alkyl halides is 2. The van der Waals surface area contributed by atoms with Crippen molar-refractivity contribution in [2.75, 3.05) is 75.4 Å². The lowest BCUT2D eigenvalue weighted by molar-refractivity contribution is -0.136. The molecule has 1 N–H and O–H groups in total. The van der Waals surface area contributed by atoms with Crippen molar-refractivity contribution in [1.82, 2.24) is 29.7 Å². The van der Waals surface area contributed by atoms with Crippen molar-refractivity contribution in [3.8, 4) is 5.95 Å². The summed E-state index contributed by atoms with van der Waals surface area (Å²) in [4.78, 5) is 32.9. The molecule has 10 nitrogen and oxygen atoms in total. The van der Waals surface area contributed by atoms with E-state index in [1.165, 1.54) is 4.57 Å². The zero-order valence-corrected chi connectivity index (χ0v) is 21.2. The summed E-state index contributed by atoms with van der Waals surface area (Å²) < 4.78 is 35.1. The number of carbonyl (C=O) groups excluding carboxylic acids is 1. The van der Waals surface area contributed by atoms with Gasteiger partial charge < -0.3 is 24.8 Å². The maximum atomic E-state index is 14.1. The number of carbonyl (C=O) groups is 1. The minimum atomic E-state index is -2.79. The zero-order valence-electron chi connectivity index (χ0n) is 21.2. The first kappa shape index (κ1) is 24.9. The van der Waals surface area contributed by atoms with Gasteiger partial charge in [0.1, 0.15) is 11.6 Å². The van der Waals surface area contributed by atoms with Gasteiger partial charge in [-0.2, -0.15) is 9.97 Å². The van der Waals surface area contributed by atoms with Crippen molar-refractivity contribution < 1.29 is 18.3 Å². The molecule has 38 heavy (non-hydrogen) atoms. The highest BCUT2D eigenvalue weighted by atomic mass is 19.3. The molecular weight excluding hydrogens is 494 g/mol. The van der Waals surface area contributed by atoms with Crippen LogP contribution in [-0.2, 0) is 9.53 Å². The topological polar surface area (TPSA) is 91.7 Å². The highest BCUT2D eigenvalue weighted by molar-refractivity contribution is 5.79. The van der Waals surface area contributed by atoms with Crippen LogP contribution in [0.5, 0.6) is 0 Å². The van der Waals surface area contributed by atoms with Gasteiger partial charge in [0.2, 0.25) is 11.9 Å². The second-order valence-corrected chi connectivity index (χ2v) is 9.92. The summed E-state index contributed by atoms with van der Waals surface area (Å²) in [7, 11) is 0. The van der Waals surface area contributed by atoms with E-state index < -0.39 is 6.43 Å². The molecule has 3 saturated heterocycles. The molecule has 3 aromatic rings. The molecule has 3 aliphatic heterocycles. The largest absolute Gasteiger partial charge is 0.378 e. The van der Waals surface area contributed by atoms with Crippen LogP contribution in [0.4, 0.5) is 20.4 Å². The maximum absolute atomic E-state index is 14.1. The van der Waals surface area contributed by atoms with Crippen LogP contribution in [0.2, 0.25) is 0 Å². The first-order valence-corrected chi connectivity index (χ1v) is 13.3. The van der Waals surface area contributed by atoms with E-state index in [4.69, 9.17) is 14.7 Å². The highest BCUT2D eigenvalue weighted by Crippen LogP contribution is 2.30. The van der Waals surface area contributed by atoms with Crippen LogP contribution in [-0.4, -0.2) is 95.9 Å². The molecule has 6 rings (SSSR count). The number of amides is 1. The summed E-state index contributed by atoms with van der Waals surface area (Å²) >= 11 is 0. The van der Waals surface area contributed by atoms with E-state index in [2.05, 4.69) is 20.1 Å². The average molecular weight is 527 g/mol. The van der Waals surface area contributed by atoms with Crippen LogP contribution in [0, 0.1) is 5.92 Å².